The predicted octanol–water partition coefficient (Wildman–Crippen LogP) is 0.272. The molecule has 2 rings (SSSR count). The molecule has 1 saturated heterocycles. The second kappa shape index (κ2) is 3.33. The first-order chi connectivity index (χ1) is 6.60. The highest BCUT2D eigenvalue weighted by Gasteiger charge is 2.43. The number of aliphatic hydroxyl groups is 1. The van der Waals surface area contributed by atoms with Gasteiger partial charge < -0.3 is 9.63 Å². The van der Waals surface area contributed by atoms with Gasteiger partial charge in [-0.3, -0.25) is 4.90 Å². The molecular formula is C9H15N3O2. The van der Waals surface area contributed by atoms with E-state index in [2.05, 4.69) is 19.6 Å². The molecule has 5 heteroatoms. The lowest BCUT2D eigenvalue weighted by Gasteiger charge is -2.48. The van der Waals surface area contributed by atoms with Crippen molar-refractivity contribution in [1.82, 2.24) is 15.0 Å². The quantitative estimate of drug-likeness (QED) is 0.753. The van der Waals surface area contributed by atoms with Gasteiger partial charge in [0.1, 0.15) is 0 Å². The number of hydrogen-bond donors (Lipinski definition) is 1. The number of β-amino-alcohol motifs (C(OH)–C–C–N with tert-alkyl or cyclic N) is 1. The molecule has 78 valence electrons. The van der Waals surface area contributed by atoms with Gasteiger partial charge in [0.15, 0.2) is 5.82 Å². The first-order valence-corrected chi connectivity index (χ1v) is 4.80. The molecule has 1 aromatic heterocycles. The van der Waals surface area contributed by atoms with Crippen LogP contribution in [0.5, 0.6) is 0 Å². The molecule has 1 aromatic rings. The van der Waals surface area contributed by atoms with Gasteiger partial charge in [0, 0.05) is 13.1 Å². The highest BCUT2D eigenvalue weighted by atomic mass is 16.5. The first kappa shape index (κ1) is 9.61. The molecule has 0 radical (unpaired) electrons. The fourth-order valence-electron chi connectivity index (χ4n) is 1.67. The Morgan fingerprint density at radius 3 is 2.86 bits per heavy atom. The van der Waals surface area contributed by atoms with Crippen LogP contribution in [-0.2, 0) is 6.54 Å². The van der Waals surface area contributed by atoms with Gasteiger partial charge in [-0.2, -0.15) is 4.98 Å². The fraction of sp³-hybridized carbons (Fsp3) is 0.778. The maximum atomic E-state index is 9.98. The molecule has 0 saturated carbocycles. The average molecular weight is 197 g/mol. The van der Waals surface area contributed by atoms with Gasteiger partial charge >= 0.3 is 0 Å². The largest absolute Gasteiger partial charge is 0.387 e. The van der Waals surface area contributed by atoms with Crippen LogP contribution in [0.15, 0.2) is 10.9 Å². The summed E-state index contributed by atoms with van der Waals surface area (Å²) >= 11 is 0. The third kappa shape index (κ3) is 1.65. The summed E-state index contributed by atoms with van der Waals surface area (Å²) in [5.41, 5.74) is -0.524. The lowest BCUT2D eigenvalue weighted by atomic mass is 9.83. The zero-order chi connectivity index (χ0) is 10.2. The molecular weight excluding hydrogens is 182 g/mol. The van der Waals surface area contributed by atoms with Crippen molar-refractivity contribution >= 4 is 0 Å². The van der Waals surface area contributed by atoms with Crippen LogP contribution in [0.1, 0.15) is 19.7 Å². The van der Waals surface area contributed by atoms with Crippen LogP contribution in [0.2, 0.25) is 0 Å². The lowest BCUT2D eigenvalue weighted by Crippen LogP contribution is -2.63. The van der Waals surface area contributed by atoms with E-state index < -0.39 is 5.60 Å². The number of hydrogen-bond acceptors (Lipinski definition) is 5. The van der Waals surface area contributed by atoms with Crippen molar-refractivity contribution in [3.05, 3.63) is 12.2 Å². The summed E-state index contributed by atoms with van der Waals surface area (Å²) < 4.78 is 4.63. The minimum Gasteiger partial charge on any atom is -0.387 e. The molecule has 2 heterocycles. The molecule has 0 bridgehead atoms. The summed E-state index contributed by atoms with van der Waals surface area (Å²) in [7, 11) is 0. The molecule has 1 aliphatic rings. The average Bonchev–Trinajstić information content (AvgIpc) is 2.53. The van der Waals surface area contributed by atoms with E-state index in [-0.39, 0.29) is 0 Å². The third-order valence-electron chi connectivity index (χ3n) is 2.84. The number of likely N-dealkylation sites (tertiary alicyclic amines) is 1. The highest BCUT2D eigenvalue weighted by Crippen LogP contribution is 2.29. The Labute approximate surface area is 82.7 Å². The molecule has 14 heavy (non-hydrogen) atoms. The monoisotopic (exact) mass is 197 g/mol. The Kier molecular flexibility index (Phi) is 2.28. The molecule has 0 aromatic carbocycles. The summed E-state index contributed by atoms with van der Waals surface area (Å²) in [5.74, 6) is 0.972. The summed E-state index contributed by atoms with van der Waals surface area (Å²) in [5, 5.41) is 13.7. The van der Waals surface area contributed by atoms with Gasteiger partial charge in [-0.15, -0.1) is 0 Å². The molecule has 0 spiro atoms. The molecule has 0 unspecified atom stereocenters. The van der Waals surface area contributed by atoms with Gasteiger partial charge in [-0.25, -0.2) is 0 Å². The third-order valence-corrected chi connectivity index (χ3v) is 2.84. The van der Waals surface area contributed by atoms with Gasteiger partial charge in [0.2, 0.25) is 6.39 Å². The summed E-state index contributed by atoms with van der Waals surface area (Å²) in [4.78, 5) is 6.03. The van der Waals surface area contributed by atoms with Crippen LogP contribution in [0.3, 0.4) is 0 Å². The van der Waals surface area contributed by atoms with E-state index in [9.17, 15) is 5.11 Å². The minimum atomic E-state index is -0.524. The Morgan fingerprint density at radius 2 is 2.36 bits per heavy atom. The second-order valence-electron chi connectivity index (χ2n) is 4.25. The van der Waals surface area contributed by atoms with E-state index in [0.717, 1.165) is 0 Å². The Bertz CT molecular complexity index is 291. The van der Waals surface area contributed by atoms with Crippen molar-refractivity contribution in [1.29, 1.82) is 0 Å². The van der Waals surface area contributed by atoms with Crippen LogP contribution in [-0.4, -0.2) is 38.8 Å². The van der Waals surface area contributed by atoms with E-state index in [0.29, 0.717) is 31.4 Å². The van der Waals surface area contributed by atoms with Gasteiger partial charge in [0.25, 0.3) is 0 Å². The van der Waals surface area contributed by atoms with E-state index in [1.807, 2.05) is 13.8 Å². The smallest absolute Gasteiger partial charge is 0.213 e. The molecule has 0 aliphatic carbocycles. The summed E-state index contributed by atoms with van der Waals surface area (Å²) in [6, 6.07) is 0. The SMILES string of the molecule is CC(C)C1(O)CN(Cc2ncon2)C1. The van der Waals surface area contributed by atoms with Crippen molar-refractivity contribution in [2.45, 2.75) is 26.0 Å². The Balaban J connectivity index is 1.84. The number of aromatic nitrogens is 2. The first-order valence-electron chi connectivity index (χ1n) is 4.80. The molecule has 1 N–H and O–H groups in total. The maximum absolute atomic E-state index is 9.98. The molecule has 1 aliphatic heterocycles. The van der Waals surface area contributed by atoms with Gasteiger partial charge in [-0.1, -0.05) is 19.0 Å². The standard InChI is InChI=1S/C9H15N3O2/c1-7(2)9(13)4-12(5-9)3-8-10-6-14-11-8/h6-7,13H,3-5H2,1-2H3. The molecule has 0 atom stereocenters. The molecule has 5 nitrogen and oxygen atoms in total. The van der Waals surface area contributed by atoms with E-state index in [1.165, 1.54) is 6.39 Å². The predicted molar refractivity (Wildman–Crippen MR) is 49.4 cm³/mol. The zero-order valence-corrected chi connectivity index (χ0v) is 8.47. The summed E-state index contributed by atoms with van der Waals surface area (Å²) in [6.45, 7) is 6.11. The lowest BCUT2D eigenvalue weighted by molar-refractivity contribution is -0.131. The Morgan fingerprint density at radius 1 is 1.64 bits per heavy atom. The number of nitrogens with zero attached hydrogens (tertiary/aromatic N) is 3. The van der Waals surface area contributed by atoms with Gasteiger partial charge in [0.05, 0.1) is 12.1 Å². The normalized spacial score (nSPS) is 21.1. The van der Waals surface area contributed by atoms with Gasteiger partial charge in [-0.05, 0) is 5.92 Å². The van der Waals surface area contributed by atoms with Crippen molar-refractivity contribution in [3.8, 4) is 0 Å². The van der Waals surface area contributed by atoms with E-state index >= 15 is 0 Å². The van der Waals surface area contributed by atoms with Crippen LogP contribution < -0.4 is 0 Å². The van der Waals surface area contributed by atoms with Crippen LogP contribution >= 0.6 is 0 Å². The second-order valence-corrected chi connectivity index (χ2v) is 4.25. The minimum absolute atomic E-state index is 0.295. The van der Waals surface area contributed by atoms with Crippen LogP contribution in [0.4, 0.5) is 0 Å². The topological polar surface area (TPSA) is 62.4 Å². The Hall–Kier alpha value is -0.940. The fourth-order valence-corrected chi connectivity index (χ4v) is 1.67. The number of rotatable bonds is 3. The van der Waals surface area contributed by atoms with E-state index in [4.69, 9.17) is 0 Å². The molecule has 0 amide bonds. The van der Waals surface area contributed by atoms with Crippen LogP contribution in [0, 0.1) is 5.92 Å². The molecule has 1 fully saturated rings. The van der Waals surface area contributed by atoms with Crippen LogP contribution in [0.25, 0.3) is 0 Å². The highest BCUT2D eigenvalue weighted by molar-refractivity contribution is 4.98. The maximum Gasteiger partial charge on any atom is 0.213 e. The van der Waals surface area contributed by atoms with Crippen molar-refractivity contribution in [2.75, 3.05) is 13.1 Å². The zero-order valence-electron chi connectivity index (χ0n) is 8.47. The van der Waals surface area contributed by atoms with Crippen molar-refractivity contribution < 1.29 is 9.63 Å². The van der Waals surface area contributed by atoms with Crippen molar-refractivity contribution in [2.24, 2.45) is 5.92 Å². The summed E-state index contributed by atoms with van der Waals surface area (Å²) in [6.07, 6.45) is 1.32. The van der Waals surface area contributed by atoms with E-state index in [1.54, 1.807) is 0 Å². The van der Waals surface area contributed by atoms with Crippen molar-refractivity contribution in [3.63, 3.8) is 0 Å².